The molecular weight excluding hydrogens is 135 g/mol. The molecule has 9 heavy (non-hydrogen) atoms. The van der Waals surface area contributed by atoms with Crippen molar-refractivity contribution in [2.75, 3.05) is 6.16 Å². The minimum absolute atomic E-state index is 0.249. The van der Waals surface area contributed by atoms with Crippen LogP contribution in [0.1, 0.15) is 6.92 Å². The van der Waals surface area contributed by atoms with Gasteiger partial charge in [-0.25, -0.2) is 0 Å². The molecule has 0 aliphatic carbocycles. The van der Waals surface area contributed by atoms with Gasteiger partial charge in [0.2, 0.25) is 7.37 Å². The summed E-state index contributed by atoms with van der Waals surface area (Å²) in [4.78, 5) is 8.95. The first-order chi connectivity index (χ1) is 4.01. The van der Waals surface area contributed by atoms with Crippen LogP contribution < -0.4 is 0 Å². The van der Waals surface area contributed by atoms with E-state index in [0.717, 1.165) is 11.1 Å². The summed E-state index contributed by atoms with van der Waals surface area (Å²) >= 11 is 0. The predicted octanol–water partition coefficient (Wildman–Crippen LogP) is 1.73. The predicted molar refractivity (Wildman–Crippen MR) is 37.6 cm³/mol. The zero-order valence-corrected chi connectivity index (χ0v) is 6.19. The molecule has 1 atom stereocenters. The van der Waals surface area contributed by atoms with E-state index in [1.54, 1.807) is 6.92 Å². The van der Waals surface area contributed by atoms with Gasteiger partial charge >= 0.3 is 0 Å². The van der Waals surface area contributed by atoms with Gasteiger partial charge in [0.15, 0.2) is 0 Å². The maximum absolute atomic E-state index is 10.9. The Bertz CT molecular complexity index is 227. The van der Waals surface area contributed by atoms with Gasteiger partial charge in [-0.05, 0) is 18.1 Å². The molecule has 0 amide bonds. The fourth-order valence-electron chi connectivity index (χ4n) is 0.838. The third kappa shape index (κ3) is 1.32. The van der Waals surface area contributed by atoms with E-state index in [4.69, 9.17) is 4.89 Å². The second kappa shape index (κ2) is 1.83. The van der Waals surface area contributed by atoms with E-state index < -0.39 is 7.37 Å². The summed E-state index contributed by atoms with van der Waals surface area (Å²) in [5.74, 6) is 1.41. The lowest BCUT2D eigenvalue weighted by Crippen LogP contribution is -1.80. The number of rotatable bonds is 0. The maximum atomic E-state index is 10.9. The molecule has 0 aromatic rings. The Hall–Kier alpha value is -0.330. The highest BCUT2D eigenvalue weighted by Gasteiger charge is 2.23. The topological polar surface area (TPSA) is 37.3 Å². The standard InChI is InChI=1S/C6H9O2P/c1-5-3-9(7,8)4-6(5)2/h4H,1,3H2,2H3,(H,7,8). The van der Waals surface area contributed by atoms with Crippen LogP contribution in [0.15, 0.2) is 23.5 Å². The van der Waals surface area contributed by atoms with Gasteiger partial charge in [0.1, 0.15) is 0 Å². The molecule has 50 valence electrons. The van der Waals surface area contributed by atoms with Crippen LogP contribution in [0, 0.1) is 0 Å². The van der Waals surface area contributed by atoms with Gasteiger partial charge in [-0.2, -0.15) is 0 Å². The minimum Gasteiger partial charge on any atom is -0.341 e. The Balaban J connectivity index is 3.00. The van der Waals surface area contributed by atoms with Crippen molar-refractivity contribution in [1.82, 2.24) is 0 Å². The second-order valence-corrected chi connectivity index (χ2v) is 4.42. The van der Waals surface area contributed by atoms with Gasteiger partial charge in [-0.3, -0.25) is 4.57 Å². The zero-order valence-electron chi connectivity index (χ0n) is 5.29. The minimum atomic E-state index is -2.92. The monoisotopic (exact) mass is 144 g/mol. The molecule has 0 aromatic heterocycles. The van der Waals surface area contributed by atoms with E-state index in [1.807, 2.05) is 0 Å². The molecule has 3 heteroatoms. The van der Waals surface area contributed by atoms with Crippen molar-refractivity contribution < 1.29 is 9.46 Å². The Morgan fingerprint density at radius 2 is 2.44 bits per heavy atom. The van der Waals surface area contributed by atoms with E-state index in [0.29, 0.717) is 0 Å². The normalized spacial score (nSPS) is 34.9. The SMILES string of the molecule is C=C1CP(=O)(O)C=C1C. The summed E-state index contributed by atoms with van der Waals surface area (Å²) in [7, 11) is -2.92. The van der Waals surface area contributed by atoms with Gasteiger partial charge in [0, 0.05) is 5.82 Å². The molecule has 1 aliphatic rings. The van der Waals surface area contributed by atoms with Gasteiger partial charge in [0.05, 0.1) is 6.16 Å². The summed E-state index contributed by atoms with van der Waals surface area (Å²) in [5, 5.41) is 0. The zero-order chi connectivity index (χ0) is 7.07. The van der Waals surface area contributed by atoms with E-state index in [9.17, 15) is 4.57 Å². The first-order valence-electron chi connectivity index (χ1n) is 2.70. The smallest absolute Gasteiger partial charge is 0.227 e. The van der Waals surface area contributed by atoms with Crippen LogP contribution in [0.25, 0.3) is 0 Å². The Labute approximate surface area is 54.3 Å². The maximum Gasteiger partial charge on any atom is 0.227 e. The first kappa shape index (κ1) is 6.79. The van der Waals surface area contributed by atoms with Crippen molar-refractivity contribution in [2.45, 2.75) is 6.92 Å². The summed E-state index contributed by atoms with van der Waals surface area (Å²) in [5.41, 5.74) is 1.65. The van der Waals surface area contributed by atoms with Crippen LogP contribution in [-0.4, -0.2) is 11.1 Å². The molecule has 0 spiro atoms. The van der Waals surface area contributed by atoms with Gasteiger partial charge in [-0.15, -0.1) is 0 Å². The lowest BCUT2D eigenvalue weighted by atomic mass is 10.2. The van der Waals surface area contributed by atoms with Gasteiger partial charge in [0.25, 0.3) is 0 Å². The summed E-state index contributed by atoms with van der Waals surface area (Å²) < 4.78 is 10.9. The molecule has 0 bridgehead atoms. The van der Waals surface area contributed by atoms with Crippen molar-refractivity contribution in [3.05, 3.63) is 23.5 Å². The van der Waals surface area contributed by atoms with Crippen molar-refractivity contribution >= 4 is 7.37 Å². The molecule has 0 radical (unpaired) electrons. The van der Waals surface area contributed by atoms with Crippen LogP contribution in [0.2, 0.25) is 0 Å². The van der Waals surface area contributed by atoms with Crippen LogP contribution in [0.3, 0.4) is 0 Å². The molecule has 1 heterocycles. The summed E-state index contributed by atoms with van der Waals surface area (Å²) in [6, 6.07) is 0. The van der Waals surface area contributed by atoms with Crippen LogP contribution in [0.5, 0.6) is 0 Å². The first-order valence-corrected chi connectivity index (χ1v) is 4.62. The van der Waals surface area contributed by atoms with Crippen molar-refractivity contribution in [2.24, 2.45) is 0 Å². The highest BCUT2D eigenvalue weighted by Crippen LogP contribution is 2.51. The van der Waals surface area contributed by atoms with Crippen LogP contribution >= 0.6 is 7.37 Å². The Kier molecular flexibility index (Phi) is 1.38. The third-order valence-electron chi connectivity index (χ3n) is 1.37. The average Bonchev–Trinajstić information content (AvgIpc) is 1.79. The van der Waals surface area contributed by atoms with E-state index in [1.165, 1.54) is 5.82 Å². The lowest BCUT2D eigenvalue weighted by Gasteiger charge is -1.95. The highest BCUT2D eigenvalue weighted by atomic mass is 31.2. The number of allylic oxidation sites excluding steroid dienone is 2. The molecule has 1 N–H and O–H groups in total. The average molecular weight is 144 g/mol. The van der Waals surface area contributed by atoms with Gasteiger partial charge in [-0.1, -0.05) is 6.58 Å². The quantitative estimate of drug-likeness (QED) is 0.525. The molecule has 1 aliphatic heterocycles. The number of hydrogen-bond acceptors (Lipinski definition) is 1. The van der Waals surface area contributed by atoms with Gasteiger partial charge < -0.3 is 4.89 Å². The molecule has 1 unspecified atom stereocenters. The summed E-state index contributed by atoms with van der Waals surface area (Å²) in [6.45, 7) is 5.43. The van der Waals surface area contributed by atoms with E-state index >= 15 is 0 Å². The largest absolute Gasteiger partial charge is 0.341 e. The summed E-state index contributed by atoms with van der Waals surface area (Å²) in [6.07, 6.45) is 0.249. The molecule has 0 saturated heterocycles. The number of hydrogen-bond donors (Lipinski definition) is 1. The molecule has 0 fully saturated rings. The molecule has 0 saturated carbocycles. The second-order valence-electron chi connectivity index (χ2n) is 2.33. The van der Waals surface area contributed by atoms with E-state index in [2.05, 4.69) is 6.58 Å². The molecule has 0 aromatic carbocycles. The van der Waals surface area contributed by atoms with Crippen molar-refractivity contribution in [3.63, 3.8) is 0 Å². The molecule has 1 rings (SSSR count). The van der Waals surface area contributed by atoms with Crippen molar-refractivity contribution in [3.8, 4) is 0 Å². The van der Waals surface area contributed by atoms with E-state index in [-0.39, 0.29) is 6.16 Å². The molecular formula is C6H9O2P. The Morgan fingerprint density at radius 3 is 2.56 bits per heavy atom. The fraction of sp³-hybridized carbons (Fsp3) is 0.333. The third-order valence-corrected chi connectivity index (χ3v) is 3.00. The fourth-order valence-corrected chi connectivity index (χ4v) is 2.51. The van der Waals surface area contributed by atoms with Crippen LogP contribution in [0.4, 0.5) is 0 Å². The van der Waals surface area contributed by atoms with Crippen molar-refractivity contribution in [1.29, 1.82) is 0 Å². The van der Waals surface area contributed by atoms with Crippen LogP contribution in [-0.2, 0) is 4.57 Å². The molecule has 2 nitrogen and oxygen atoms in total. The highest BCUT2D eigenvalue weighted by molar-refractivity contribution is 7.62. The lowest BCUT2D eigenvalue weighted by molar-refractivity contribution is 0.493. The Morgan fingerprint density at radius 1 is 1.89 bits per heavy atom.